The third kappa shape index (κ3) is 36.6. The van der Waals surface area contributed by atoms with Gasteiger partial charge in [-0.3, -0.25) is 23.7 Å². The lowest BCUT2D eigenvalue weighted by molar-refractivity contribution is -0.156. The average Bonchev–Trinajstić information content (AvgIpc) is 1.72. The Morgan fingerprint density at radius 3 is 0.927 bits per heavy atom. The third-order valence-electron chi connectivity index (χ3n) is 20.4. The van der Waals surface area contributed by atoms with E-state index in [4.69, 9.17) is 24.1 Å². The second kappa shape index (κ2) is 44.1. The van der Waals surface area contributed by atoms with Gasteiger partial charge >= 0.3 is 58.2 Å². The number of carboxylic acid groups (broad SMARTS) is 1. The molecule has 0 atom stereocenters. The molecule has 4 saturated carbocycles. The predicted octanol–water partition coefficient (Wildman–Crippen LogP) is 14.4. The van der Waals surface area contributed by atoms with Crippen molar-refractivity contribution in [3.8, 4) is 23.0 Å². The van der Waals surface area contributed by atoms with E-state index in [2.05, 4.69) is 24.1 Å². The molecule has 4 aliphatic carbocycles. The summed E-state index contributed by atoms with van der Waals surface area (Å²) in [6.45, 7) is 0.420. The van der Waals surface area contributed by atoms with Crippen molar-refractivity contribution in [2.45, 2.75) is 157 Å². The molecule has 694 valence electrons. The molecule has 4 aromatic rings. The van der Waals surface area contributed by atoms with Crippen LogP contribution in [-0.2, 0) is 43.8 Å². The number of methoxy groups -OCH3 is 2. The number of nitrogens with one attached hydrogen (secondary N) is 2. The number of benzene rings is 4. The molecule has 1 amide bonds. The topological polar surface area (TPSA) is 315 Å². The highest BCUT2D eigenvalue weighted by Gasteiger charge is 2.49. The van der Waals surface area contributed by atoms with Gasteiger partial charge in [-0.15, -0.1) is 0 Å². The maximum absolute atomic E-state index is 14.5. The van der Waals surface area contributed by atoms with Crippen molar-refractivity contribution >= 4 is 54.0 Å². The summed E-state index contributed by atoms with van der Waals surface area (Å²) in [4.78, 5) is 50.6. The Balaban J connectivity index is 0.000000212. The van der Waals surface area contributed by atoms with Crippen molar-refractivity contribution in [3.63, 3.8) is 0 Å². The van der Waals surface area contributed by atoms with Crippen LogP contribution in [0.15, 0.2) is 48.5 Å². The number of carbonyl (C=O) groups excluding carboxylic acids is 3. The molecule has 5 N–H and O–H groups in total. The van der Waals surface area contributed by atoms with Crippen LogP contribution in [0.4, 0.5) is 83.4 Å². The highest BCUT2D eigenvalue weighted by atomic mass is 32.2. The number of nitrogens with zero attached hydrogens (tertiary/aromatic N) is 3. The molecule has 0 bridgehead atoms. The molecule has 4 aliphatic heterocycles. The fourth-order valence-corrected chi connectivity index (χ4v) is 14.4. The standard InChI is InChI=1S/C19H24F4N2O4S.C19H23F4NO3.C18H21F4NO3.C17H22FNO3.C3H2F6O3S.CH5NO2S/c1-30(27,28)24-18(26)15-8-14(13-2-3-13)17(9-16(15)20)29-10-12-4-6-25(7-5-12)11-19(21,22)23;1-26-18(25)15-8-14(13-2-3-13)17(9-16(15)20)27-10-12-4-6-24(7-5-12)11-19(21,22)23;19-15-8-16(13(12-1-2-12)7-14(15)17(24)25)26-9-11-3-5-23(6-4-11)10-18(20,21)22;1-21-17(20)14-8-13(12-2-3-12)16(9-15(14)18)22-10-11-4-6-19-7-5-11;4-2(5,6)1-12-13(10,11)3(7,8)9;1-5(2,3)4/h8-9,12-13H,2-7,10-11H2,1H3,(H,24,26);8-9,12-13H,2-7,10-11H2,1H3;7-8,11-12H,1-6,9-10H2,(H,24,25);8-9,11-12,19H,2-7,10H2,1H3;1H2;1H3,(H2,2,3,4). The van der Waals surface area contributed by atoms with Gasteiger partial charge in [-0.05, 0) is 249 Å². The molecule has 4 saturated heterocycles. The maximum atomic E-state index is 14.5. The van der Waals surface area contributed by atoms with E-state index in [1.807, 2.05) is 0 Å². The number of halogens is 19. The summed E-state index contributed by atoms with van der Waals surface area (Å²) in [5.41, 5.74) is -3.58. The first-order valence-corrected chi connectivity index (χ1v) is 44.2. The summed E-state index contributed by atoms with van der Waals surface area (Å²) in [5, 5.41) is 16.7. The Labute approximate surface area is 697 Å². The largest absolute Gasteiger partial charge is 0.523 e. The van der Waals surface area contributed by atoms with Gasteiger partial charge in [-0.2, -0.15) is 74.3 Å². The number of primary sulfonamides is 1. The van der Waals surface area contributed by atoms with E-state index in [1.165, 1.54) is 59.3 Å². The lowest BCUT2D eigenvalue weighted by Gasteiger charge is -2.32. The Kier molecular flexibility index (Phi) is 36.7. The number of nitrogens with two attached hydrogens (primary N) is 1. The number of hydrogen-bond acceptors (Lipinski definition) is 21. The summed E-state index contributed by atoms with van der Waals surface area (Å²) in [6, 6.07) is 10.6. The van der Waals surface area contributed by atoms with Gasteiger partial charge in [0.1, 0.15) is 46.3 Å². The number of esters is 2. The van der Waals surface area contributed by atoms with Crippen LogP contribution in [0.25, 0.3) is 0 Å². The Bertz CT molecular complexity index is 4550. The van der Waals surface area contributed by atoms with Crippen molar-refractivity contribution in [1.82, 2.24) is 24.7 Å². The molecule has 4 aromatic carbocycles. The number of rotatable bonds is 26. The van der Waals surface area contributed by atoms with E-state index in [0.717, 1.165) is 113 Å². The van der Waals surface area contributed by atoms with Crippen molar-refractivity contribution in [3.05, 3.63) is 116 Å². The molecule has 8 fully saturated rings. The highest BCUT2D eigenvalue weighted by Crippen LogP contribution is 2.49. The zero-order valence-electron chi connectivity index (χ0n) is 67.1. The Morgan fingerprint density at radius 2 is 0.683 bits per heavy atom. The lowest BCUT2D eigenvalue weighted by atomic mass is 9.97. The van der Waals surface area contributed by atoms with Gasteiger partial charge < -0.3 is 38.8 Å². The molecular formula is C77H97F19N6O18S3. The minimum absolute atomic E-state index is 0.00128. The summed E-state index contributed by atoms with van der Waals surface area (Å²) in [7, 11) is -10.7. The van der Waals surface area contributed by atoms with Gasteiger partial charge in [0.25, 0.3) is 5.91 Å². The molecular weight excluding hydrogens is 1750 g/mol. The highest BCUT2D eigenvalue weighted by molar-refractivity contribution is 7.89. The molecule has 0 unspecified atom stereocenters. The van der Waals surface area contributed by atoms with Gasteiger partial charge in [-0.1, -0.05) is 0 Å². The summed E-state index contributed by atoms with van der Waals surface area (Å²) >= 11 is 0. The number of carbonyl (C=O) groups is 4. The molecule has 46 heteroatoms. The summed E-state index contributed by atoms with van der Waals surface area (Å²) in [5.74, 6) is -3.32. The van der Waals surface area contributed by atoms with Crippen LogP contribution in [0, 0.1) is 46.9 Å². The van der Waals surface area contributed by atoms with E-state index in [9.17, 15) is 128 Å². The van der Waals surface area contributed by atoms with Crippen LogP contribution >= 0.6 is 0 Å². The monoisotopic (exact) mass is 1850 g/mol. The average molecular weight is 1850 g/mol. The number of aromatic carboxylic acids is 1. The number of ether oxygens (including phenoxy) is 6. The van der Waals surface area contributed by atoms with Gasteiger partial charge in [-0.25, -0.2) is 58.6 Å². The lowest BCUT2D eigenvalue weighted by Crippen LogP contribution is -2.41. The molecule has 8 aliphatic rings. The Morgan fingerprint density at radius 1 is 0.423 bits per heavy atom. The molecule has 123 heavy (non-hydrogen) atoms. The van der Waals surface area contributed by atoms with Gasteiger partial charge in [0, 0.05) is 24.3 Å². The predicted molar refractivity (Wildman–Crippen MR) is 405 cm³/mol. The van der Waals surface area contributed by atoms with Crippen LogP contribution in [0.2, 0.25) is 0 Å². The minimum Gasteiger partial charge on any atom is -0.493 e. The van der Waals surface area contributed by atoms with Gasteiger partial charge in [0.2, 0.25) is 20.0 Å². The molecule has 12 rings (SSSR count). The molecule has 0 radical (unpaired) electrons. The first-order chi connectivity index (χ1) is 57.0. The van der Waals surface area contributed by atoms with Crippen LogP contribution in [-0.4, -0.2) is 231 Å². The zero-order valence-corrected chi connectivity index (χ0v) is 69.5. The van der Waals surface area contributed by atoms with Crippen LogP contribution < -0.4 is 34.1 Å². The minimum atomic E-state index is -6.15. The smallest absolute Gasteiger partial charge is 0.493 e. The number of alkyl halides is 15. The first-order valence-electron chi connectivity index (χ1n) is 38.9. The second-order valence-corrected chi connectivity index (χ2v) is 36.1. The number of sulfonamides is 2. The van der Waals surface area contributed by atoms with Gasteiger partial charge in [0.05, 0.1) is 95.0 Å². The fraction of sp³-hybridized carbons (Fsp3) is 0.636. The van der Waals surface area contributed by atoms with E-state index in [-0.39, 0.29) is 64.4 Å². The molecule has 0 aromatic heterocycles. The van der Waals surface area contributed by atoms with Crippen LogP contribution in [0.1, 0.15) is 190 Å². The number of likely N-dealkylation sites (tertiary alicyclic amines) is 3. The fourth-order valence-electron chi connectivity index (χ4n) is 13.5. The van der Waals surface area contributed by atoms with Crippen molar-refractivity contribution in [1.29, 1.82) is 0 Å². The number of carboxylic acids is 1. The SMILES string of the molecule is COC(=O)c1cc(C2CC2)c(OCC2CCN(CC(F)(F)F)CC2)cc1F.COC(=O)c1cc(C2CC2)c(OCC2CCNCC2)cc1F.CS(=O)(=O)NC(=O)c1cc(C2CC2)c(OCC2CCN(CC(F)(F)F)CC2)cc1F.CS(N)(=O)=O.O=C(O)c1cc(C2CC2)c(OCC2CCN(CC(F)(F)F)CC2)cc1F.O=S(=O)(OCC(F)(F)F)C(F)(F)F. The van der Waals surface area contributed by atoms with Gasteiger partial charge in [0.15, 0.2) is 6.61 Å². The second-order valence-electron chi connectivity index (χ2n) is 31.1. The zero-order chi connectivity index (χ0) is 91.5. The third-order valence-corrected chi connectivity index (χ3v) is 21.9. The molecule has 0 spiro atoms. The number of amides is 1. The van der Waals surface area contributed by atoms with E-state index >= 15 is 0 Å². The molecule has 4 heterocycles. The van der Waals surface area contributed by atoms with Crippen molar-refractivity contribution in [2.24, 2.45) is 28.8 Å². The normalized spacial score (nSPS) is 18.4. The van der Waals surface area contributed by atoms with E-state index in [0.29, 0.717) is 144 Å². The number of piperidine rings is 4. The van der Waals surface area contributed by atoms with Crippen LogP contribution in [0.3, 0.4) is 0 Å². The van der Waals surface area contributed by atoms with Crippen molar-refractivity contribution in [2.75, 3.05) is 132 Å². The number of hydrogen-bond donors (Lipinski definition) is 4. The summed E-state index contributed by atoms with van der Waals surface area (Å²) in [6.07, 6.45) is -2.73. The summed E-state index contributed by atoms with van der Waals surface area (Å²) < 4.78 is 334. The van der Waals surface area contributed by atoms with E-state index < -0.39 is 134 Å². The van der Waals surface area contributed by atoms with Crippen LogP contribution in [0.5, 0.6) is 23.0 Å². The quantitative estimate of drug-likeness (QED) is 0.0196. The maximum Gasteiger partial charge on any atom is 0.523 e. The Hall–Kier alpha value is -7.76. The molecule has 24 nitrogen and oxygen atoms in total. The van der Waals surface area contributed by atoms with Crippen molar-refractivity contribution < 1.29 is 166 Å². The van der Waals surface area contributed by atoms with E-state index in [1.54, 1.807) is 10.8 Å². The first kappa shape index (κ1) is 102.